The van der Waals surface area contributed by atoms with Crippen molar-refractivity contribution in [3.8, 4) is 0 Å². The van der Waals surface area contributed by atoms with Crippen LogP contribution in [0.5, 0.6) is 0 Å². The Bertz CT molecular complexity index is 975. The maximum atomic E-state index is 12.0. The normalized spacial score (nSPS) is 11.0. The van der Waals surface area contributed by atoms with E-state index in [4.69, 9.17) is 4.74 Å². The molecule has 0 radical (unpaired) electrons. The molecule has 138 valence electrons. The molecule has 0 bridgehead atoms. The first kappa shape index (κ1) is 19.4. The Morgan fingerprint density at radius 3 is 2.46 bits per heavy atom. The van der Waals surface area contributed by atoms with Crippen LogP contribution in [-0.2, 0) is 26.4 Å². The molecule has 0 saturated heterocycles. The summed E-state index contributed by atoms with van der Waals surface area (Å²) in [6.07, 6.45) is 2.56. The number of aromatic nitrogens is 1. The number of sulfone groups is 1. The summed E-state index contributed by atoms with van der Waals surface area (Å²) in [5.74, 6) is -1.56. The van der Waals surface area contributed by atoms with Crippen LogP contribution in [-0.4, -0.2) is 43.5 Å². The number of benzene rings is 1. The van der Waals surface area contributed by atoms with Crippen LogP contribution in [0.1, 0.15) is 27.8 Å². The van der Waals surface area contributed by atoms with E-state index < -0.39 is 28.3 Å². The van der Waals surface area contributed by atoms with Gasteiger partial charge in [-0.25, -0.2) is 13.2 Å². The smallest absolute Gasteiger partial charge is 0.355 e. The van der Waals surface area contributed by atoms with Gasteiger partial charge in [0.1, 0.15) is 5.69 Å². The molecule has 1 N–H and O–H groups in total. The van der Waals surface area contributed by atoms with Gasteiger partial charge in [0.15, 0.2) is 22.2 Å². The topological polar surface area (TPSA) is 112 Å². The molecule has 0 fully saturated rings. The maximum Gasteiger partial charge on any atom is 0.355 e. The number of rotatable bonds is 6. The Balaban J connectivity index is 1.99. The summed E-state index contributed by atoms with van der Waals surface area (Å²) in [5.41, 5.74) is 0.773. The van der Waals surface area contributed by atoms with Crippen molar-refractivity contribution in [2.24, 2.45) is 7.05 Å². The first-order valence-corrected chi connectivity index (χ1v) is 9.41. The molecule has 1 aromatic carbocycles. The number of carbonyl (C=O) groups is 3. The van der Waals surface area contributed by atoms with Gasteiger partial charge in [-0.1, -0.05) is 6.07 Å². The zero-order valence-electron chi connectivity index (χ0n) is 14.5. The van der Waals surface area contributed by atoms with E-state index in [1.54, 1.807) is 7.05 Å². The number of ketones is 1. The number of nitrogens with zero attached hydrogens (tertiary/aromatic N) is 1. The van der Waals surface area contributed by atoms with Crippen molar-refractivity contribution in [1.82, 2.24) is 4.57 Å². The Morgan fingerprint density at radius 2 is 1.88 bits per heavy atom. The van der Waals surface area contributed by atoms with Crippen LogP contribution in [0.4, 0.5) is 5.69 Å². The summed E-state index contributed by atoms with van der Waals surface area (Å²) in [6.45, 7) is 0.824. The Morgan fingerprint density at radius 1 is 1.19 bits per heavy atom. The van der Waals surface area contributed by atoms with E-state index in [1.807, 2.05) is 0 Å². The summed E-state index contributed by atoms with van der Waals surface area (Å²) >= 11 is 0. The molecule has 0 saturated carbocycles. The SMILES string of the molecule is CC(=O)c1cc(C(=O)OCC(=O)Nc2cccc(S(C)(=O)=O)c2)n(C)c1. The second kappa shape index (κ2) is 7.52. The number of anilines is 1. The molecule has 0 unspecified atom stereocenters. The van der Waals surface area contributed by atoms with E-state index in [1.165, 1.54) is 48.0 Å². The Kier molecular flexibility index (Phi) is 5.61. The third kappa shape index (κ3) is 4.79. The number of nitrogens with one attached hydrogen (secondary N) is 1. The minimum atomic E-state index is -3.40. The number of esters is 1. The molecular formula is C17H18N2O6S. The summed E-state index contributed by atoms with van der Waals surface area (Å²) in [7, 11) is -1.82. The molecule has 1 heterocycles. The van der Waals surface area contributed by atoms with Gasteiger partial charge in [-0.2, -0.15) is 0 Å². The van der Waals surface area contributed by atoms with Gasteiger partial charge >= 0.3 is 5.97 Å². The molecule has 0 aliphatic rings. The number of hydrogen-bond acceptors (Lipinski definition) is 6. The van der Waals surface area contributed by atoms with E-state index in [0.717, 1.165) is 6.26 Å². The van der Waals surface area contributed by atoms with E-state index >= 15 is 0 Å². The number of hydrogen-bond donors (Lipinski definition) is 1. The lowest BCUT2D eigenvalue weighted by molar-refractivity contribution is -0.119. The monoisotopic (exact) mass is 378 g/mol. The van der Waals surface area contributed by atoms with Gasteiger partial charge in [0, 0.05) is 30.8 Å². The van der Waals surface area contributed by atoms with Crippen molar-refractivity contribution >= 4 is 33.2 Å². The average molecular weight is 378 g/mol. The fraction of sp³-hybridized carbons (Fsp3) is 0.235. The third-order valence-electron chi connectivity index (χ3n) is 3.50. The van der Waals surface area contributed by atoms with Gasteiger partial charge in [0.2, 0.25) is 0 Å². The van der Waals surface area contributed by atoms with E-state index in [2.05, 4.69) is 5.32 Å². The van der Waals surface area contributed by atoms with E-state index in [9.17, 15) is 22.8 Å². The maximum absolute atomic E-state index is 12.0. The molecule has 9 heteroatoms. The zero-order chi connectivity index (χ0) is 19.5. The lowest BCUT2D eigenvalue weighted by Crippen LogP contribution is -2.21. The van der Waals surface area contributed by atoms with Gasteiger partial charge in [-0.15, -0.1) is 0 Å². The van der Waals surface area contributed by atoms with Crippen LogP contribution >= 0.6 is 0 Å². The number of Topliss-reactive ketones (excluding diaryl/α,β-unsaturated/α-hetero) is 1. The fourth-order valence-corrected chi connectivity index (χ4v) is 2.83. The van der Waals surface area contributed by atoms with Crippen molar-refractivity contribution in [3.05, 3.63) is 47.8 Å². The third-order valence-corrected chi connectivity index (χ3v) is 4.61. The minimum absolute atomic E-state index is 0.0628. The summed E-state index contributed by atoms with van der Waals surface area (Å²) in [4.78, 5) is 35.3. The van der Waals surface area contributed by atoms with Gasteiger partial charge in [0.05, 0.1) is 4.90 Å². The zero-order valence-corrected chi connectivity index (χ0v) is 15.3. The van der Waals surface area contributed by atoms with Gasteiger partial charge in [-0.3, -0.25) is 9.59 Å². The largest absolute Gasteiger partial charge is 0.451 e. The predicted octanol–water partition coefficient (Wildman–Crippen LogP) is 1.43. The highest BCUT2D eigenvalue weighted by Gasteiger charge is 2.17. The van der Waals surface area contributed by atoms with Crippen molar-refractivity contribution in [2.45, 2.75) is 11.8 Å². The van der Waals surface area contributed by atoms with Crippen LogP contribution < -0.4 is 5.32 Å². The van der Waals surface area contributed by atoms with Crippen LogP contribution in [0.2, 0.25) is 0 Å². The lowest BCUT2D eigenvalue weighted by Gasteiger charge is -2.08. The molecule has 8 nitrogen and oxygen atoms in total. The fourth-order valence-electron chi connectivity index (χ4n) is 2.17. The molecule has 1 amide bonds. The Hall–Kier alpha value is -2.94. The molecule has 1 aromatic heterocycles. The molecule has 0 atom stereocenters. The number of amides is 1. The van der Waals surface area contributed by atoms with Crippen molar-refractivity contribution in [3.63, 3.8) is 0 Å². The summed E-state index contributed by atoms with van der Waals surface area (Å²) in [6, 6.07) is 7.12. The molecule has 2 rings (SSSR count). The Labute approximate surface area is 150 Å². The predicted molar refractivity (Wildman–Crippen MR) is 93.9 cm³/mol. The highest BCUT2D eigenvalue weighted by atomic mass is 32.2. The van der Waals surface area contributed by atoms with Gasteiger partial charge < -0.3 is 14.6 Å². The summed E-state index contributed by atoms with van der Waals surface area (Å²) < 4.78 is 29.4. The quantitative estimate of drug-likeness (QED) is 0.601. The lowest BCUT2D eigenvalue weighted by atomic mass is 10.2. The molecule has 26 heavy (non-hydrogen) atoms. The highest BCUT2D eigenvalue weighted by Crippen LogP contribution is 2.15. The molecule has 0 aliphatic heterocycles. The van der Waals surface area contributed by atoms with Gasteiger partial charge in [0.25, 0.3) is 5.91 Å². The number of carbonyl (C=O) groups excluding carboxylic acids is 3. The van der Waals surface area contributed by atoms with E-state index in [-0.39, 0.29) is 22.1 Å². The molecule has 2 aromatic rings. The van der Waals surface area contributed by atoms with Crippen molar-refractivity contribution in [2.75, 3.05) is 18.2 Å². The average Bonchev–Trinajstić information content (AvgIpc) is 2.94. The highest BCUT2D eigenvalue weighted by molar-refractivity contribution is 7.90. The van der Waals surface area contributed by atoms with E-state index in [0.29, 0.717) is 5.56 Å². The molecule has 0 aliphatic carbocycles. The summed E-state index contributed by atoms with van der Waals surface area (Å²) in [5, 5.41) is 2.46. The van der Waals surface area contributed by atoms with Gasteiger partial charge in [-0.05, 0) is 31.2 Å². The van der Waals surface area contributed by atoms with Crippen LogP contribution in [0.3, 0.4) is 0 Å². The van der Waals surface area contributed by atoms with Crippen LogP contribution in [0.25, 0.3) is 0 Å². The van der Waals surface area contributed by atoms with Crippen LogP contribution in [0.15, 0.2) is 41.4 Å². The second-order valence-electron chi connectivity index (χ2n) is 5.71. The molecular weight excluding hydrogens is 360 g/mol. The second-order valence-corrected chi connectivity index (χ2v) is 7.72. The standard InChI is InChI=1S/C17H18N2O6S/c1-11(20)12-7-15(19(2)9-12)17(22)25-10-16(21)18-13-5-4-6-14(8-13)26(3,23)24/h4-9H,10H2,1-3H3,(H,18,21). The minimum Gasteiger partial charge on any atom is -0.451 e. The van der Waals surface area contributed by atoms with Crippen molar-refractivity contribution in [1.29, 1.82) is 0 Å². The first-order valence-electron chi connectivity index (χ1n) is 7.52. The number of aryl methyl sites for hydroxylation is 1. The van der Waals surface area contributed by atoms with Crippen molar-refractivity contribution < 1.29 is 27.5 Å². The molecule has 0 spiro atoms. The first-order chi connectivity index (χ1) is 12.1. The number of ether oxygens (including phenoxy) is 1. The van der Waals surface area contributed by atoms with Crippen LogP contribution in [0, 0.1) is 0 Å².